The minimum atomic E-state index is -0.926. The van der Waals surface area contributed by atoms with Gasteiger partial charge in [-0.1, -0.05) is 30.3 Å². The predicted octanol–water partition coefficient (Wildman–Crippen LogP) is 2.20. The lowest BCUT2D eigenvalue weighted by atomic mass is 10.2. The van der Waals surface area contributed by atoms with Crippen LogP contribution in [0.1, 0.15) is 12.1 Å². The first-order valence-corrected chi connectivity index (χ1v) is 8.01. The van der Waals surface area contributed by atoms with Crippen LogP contribution in [-0.4, -0.2) is 32.9 Å². The maximum atomic E-state index is 11.9. The van der Waals surface area contributed by atoms with Crippen LogP contribution in [0, 0.1) is 0 Å². The molecular weight excluding hydrogens is 314 g/mol. The number of benzene rings is 1. The second-order valence-corrected chi connectivity index (χ2v) is 5.88. The van der Waals surface area contributed by atoms with Crippen molar-refractivity contribution in [3.8, 4) is 11.3 Å². The normalized spacial score (nSPS) is 10.8. The highest BCUT2D eigenvalue weighted by Gasteiger charge is 2.12. The molecule has 3 rings (SSSR count). The highest BCUT2D eigenvalue weighted by atomic mass is 32.1. The van der Waals surface area contributed by atoms with Crippen molar-refractivity contribution < 1.29 is 14.7 Å². The maximum absolute atomic E-state index is 11.9. The Kier molecular flexibility index (Phi) is 4.38. The molecule has 0 radical (unpaired) electrons. The van der Waals surface area contributed by atoms with Gasteiger partial charge in [0.1, 0.15) is 0 Å². The van der Waals surface area contributed by atoms with Crippen LogP contribution in [0.25, 0.3) is 16.2 Å². The molecule has 118 valence electrons. The van der Waals surface area contributed by atoms with Crippen LogP contribution in [0.4, 0.5) is 0 Å². The van der Waals surface area contributed by atoms with Crippen LogP contribution in [-0.2, 0) is 16.0 Å². The SMILES string of the molecule is O=C(O)CCNC(=O)Cc1csc2nc(-c3ccccc3)cn12. The average Bonchev–Trinajstić information content (AvgIpc) is 3.10. The van der Waals surface area contributed by atoms with E-state index in [0.717, 1.165) is 21.9 Å². The molecule has 6 nitrogen and oxygen atoms in total. The molecule has 2 aromatic heterocycles. The van der Waals surface area contributed by atoms with E-state index in [1.165, 1.54) is 11.3 Å². The van der Waals surface area contributed by atoms with Crippen molar-refractivity contribution in [1.29, 1.82) is 0 Å². The zero-order valence-corrected chi connectivity index (χ0v) is 13.0. The summed E-state index contributed by atoms with van der Waals surface area (Å²) >= 11 is 1.48. The summed E-state index contributed by atoms with van der Waals surface area (Å²) in [6.07, 6.45) is 2.04. The van der Waals surface area contributed by atoms with Gasteiger partial charge in [0, 0.05) is 29.4 Å². The molecule has 0 fully saturated rings. The van der Waals surface area contributed by atoms with E-state index in [2.05, 4.69) is 10.3 Å². The third kappa shape index (κ3) is 3.57. The summed E-state index contributed by atoms with van der Waals surface area (Å²) < 4.78 is 1.91. The van der Waals surface area contributed by atoms with Crippen LogP contribution in [0.5, 0.6) is 0 Å². The third-order valence-electron chi connectivity index (χ3n) is 3.36. The Hall–Kier alpha value is -2.67. The number of amides is 1. The van der Waals surface area contributed by atoms with Gasteiger partial charge in [-0.05, 0) is 0 Å². The van der Waals surface area contributed by atoms with E-state index in [1.54, 1.807) is 0 Å². The first-order valence-electron chi connectivity index (χ1n) is 7.13. The van der Waals surface area contributed by atoms with E-state index < -0.39 is 5.97 Å². The molecule has 0 bridgehead atoms. The lowest BCUT2D eigenvalue weighted by Crippen LogP contribution is -2.27. The minimum Gasteiger partial charge on any atom is -0.481 e. The van der Waals surface area contributed by atoms with E-state index in [4.69, 9.17) is 5.11 Å². The molecule has 1 amide bonds. The molecule has 23 heavy (non-hydrogen) atoms. The second kappa shape index (κ2) is 6.62. The number of aromatic nitrogens is 2. The monoisotopic (exact) mass is 329 g/mol. The van der Waals surface area contributed by atoms with Crippen LogP contribution < -0.4 is 5.32 Å². The van der Waals surface area contributed by atoms with Gasteiger partial charge in [0.05, 0.1) is 18.5 Å². The van der Waals surface area contributed by atoms with Crippen LogP contribution >= 0.6 is 11.3 Å². The van der Waals surface area contributed by atoms with Crippen molar-refractivity contribution in [2.75, 3.05) is 6.54 Å². The van der Waals surface area contributed by atoms with Gasteiger partial charge in [0.15, 0.2) is 4.96 Å². The minimum absolute atomic E-state index is 0.0754. The largest absolute Gasteiger partial charge is 0.481 e. The van der Waals surface area contributed by atoms with Gasteiger partial charge >= 0.3 is 5.97 Å². The van der Waals surface area contributed by atoms with Gasteiger partial charge in [-0.25, -0.2) is 4.98 Å². The summed E-state index contributed by atoms with van der Waals surface area (Å²) in [7, 11) is 0. The molecule has 0 aliphatic carbocycles. The fourth-order valence-electron chi connectivity index (χ4n) is 2.24. The zero-order valence-electron chi connectivity index (χ0n) is 12.2. The highest BCUT2D eigenvalue weighted by molar-refractivity contribution is 7.15. The molecule has 0 aliphatic heterocycles. The molecule has 0 unspecified atom stereocenters. The molecule has 3 aromatic rings. The molecule has 0 spiro atoms. The quantitative estimate of drug-likeness (QED) is 0.726. The van der Waals surface area contributed by atoms with E-state index in [-0.39, 0.29) is 25.3 Å². The topological polar surface area (TPSA) is 83.7 Å². The Bertz CT molecular complexity index is 839. The maximum Gasteiger partial charge on any atom is 0.305 e. The van der Waals surface area contributed by atoms with Crippen molar-refractivity contribution >= 4 is 28.2 Å². The fraction of sp³-hybridized carbons (Fsp3) is 0.188. The first-order chi connectivity index (χ1) is 11.1. The van der Waals surface area contributed by atoms with Crippen molar-refractivity contribution in [3.05, 3.63) is 47.6 Å². The number of fused-ring (bicyclic) bond motifs is 1. The van der Waals surface area contributed by atoms with Crippen molar-refractivity contribution in [3.63, 3.8) is 0 Å². The number of rotatable bonds is 6. The Morgan fingerprint density at radius 3 is 2.78 bits per heavy atom. The summed E-state index contributed by atoms with van der Waals surface area (Å²) in [5.41, 5.74) is 2.73. The number of carboxylic acid groups (broad SMARTS) is 1. The molecule has 1 aromatic carbocycles. The van der Waals surface area contributed by atoms with E-state index in [0.29, 0.717) is 0 Å². The van der Waals surface area contributed by atoms with Crippen molar-refractivity contribution in [1.82, 2.24) is 14.7 Å². The summed E-state index contributed by atoms with van der Waals surface area (Å²) in [6.45, 7) is 0.140. The van der Waals surface area contributed by atoms with Crippen LogP contribution in [0.3, 0.4) is 0 Å². The lowest BCUT2D eigenvalue weighted by molar-refractivity contribution is -0.136. The Balaban J connectivity index is 1.73. The number of thiazole rings is 1. The smallest absolute Gasteiger partial charge is 0.305 e. The number of imidazole rings is 1. The van der Waals surface area contributed by atoms with Crippen molar-refractivity contribution in [2.24, 2.45) is 0 Å². The predicted molar refractivity (Wildman–Crippen MR) is 87.5 cm³/mol. The van der Waals surface area contributed by atoms with Crippen LogP contribution in [0.2, 0.25) is 0 Å². The number of carboxylic acids is 1. The number of hydrogen-bond acceptors (Lipinski definition) is 4. The number of nitrogens with zero attached hydrogens (tertiary/aromatic N) is 2. The van der Waals surface area contributed by atoms with E-state index in [1.807, 2.05) is 46.3 Å². The van der Waals surface area contributed by atoms with Gasteiger partial charge in [0.2, 0.25) is 5.91 Å². The zero-order chi connectivity index (χ0) is 16.2. The number of carbonyl (C=O) groups is 2. The second-order valence-electron chi connectivity index (χ2n) is 5.04. The first kappa shape index (κ1) is 15.2. The molecular formula is C16H15N3O3S. The fourth-order valence-corrected chi connectivity index (χ4v) is 3.11. The van der Waals surface area contributed by atoms with Crippen LogP contribution in [0.15, 0.2) is 41.9 Å². The van der Waals surface area contributed by atoms with Gasteiger partial charge < -0.3 is 10.4 Å². The Morgan fingerprint density at radius 1 is 1.26 bits per heavy atom. The third-order valence-corrected chi connectivity index (χ3v) is 4.24. The number of nitrogens with one attached hydrogen (secondary N) is 1. The van der Waals surface area contributed by atoms with Gasteiger partial charge in [-0.15, -0.1) is 11.3 Å². The summed E-state index contributed by atoms with van der Waals surface area (Å²) in [5, 5.41) is 13.1. The molecule has 0 aliphatic rings. The summed E-state index contributed by atoms with van der Waals surface area (Å²) in [6, 6.07) is 9.85. The average molecular weight is 329 g/mol. The van der Waals surface area contributed by atoms with Gasteiger partial charge in [-0.3, -0.25) is 14.0 Å². The van der Waals surface area contributed by atoms with E-state index >= 15 is 0 Å². The van der Waals surface area contributed by atoms with Crippen molar-refractivity contribution in [2.45, 2.75) is 12.8 Å². The number of aliphatic carboxylic acids is 1. The molecule has 2 N–H and O–H groups in total. The van der Waals surface area contributed by atoms with E-state index in [9.17, 15) is 9.59 Å². The summed E-state index contributed by atoms with van der Waals surface area (Å²) in [4.78, 5) is 27.7. The molecule has 7 heteroatoms. The number of carbonyl (C=O) groups excluding carboxylic acids is 1. The summed E-state index contributed by atoms with van der Waals surface area (Å²) in [5.74, 6) is -1.12. The van der Waals surface area contributed by atoms with Gasteiger partial charge in [-0.2, -0.15) is 0 Å². The molecule has 2 heterocycles. The standard InChI is InChI=1S/C16H15N3O3S/c20-14(17-7-6-15(21)22)8-12-10-23-16-18-13(9-19(12)16)11-4-2-1-3-5-11/h1-5,9-10H,6-8H2,(H,17,20)(H,21,22). The molecule has 0 atom stereocenters. The van der Waals surface area contributed by atoms with Gasteiger partial charge in [0.25, 0.3) is 0 Å². The molecule has 0 saturated carbocycles. The Morgan fingerprint density at radius 2 is 2.04 bits per heavy atom. The Labute approximate surface area is 136 Å². The lowest BCUT2D eigenvalue weighted by Gasteiger charge is -2.02. The number of hydrogen-bond donors (Lipinski definition) is 2. The molecule has 0 saturated heterocycles. The highest BCUT2D eigenvalue weighted by Crippen LogP contribution is 2.23.